The Bertz CT molecular complexity index is 164. The first-order valence-electron chi connectivity index (χ1n) is 7.19. The van der Waals surface area contributed by atoms with Crippen LogP contribution in [0.25, 0.3) is 0 Å². The number of nitrogens with one attached hydrogen (secondary N) is 2. The van der Waals surface area contributed by atoms with Gasteiger partial charge in [-0.1, -0.05) is 27.2 Å². The van der Waals surface area contributed by atoms with E-state index in [-0.39, 0.29) is 0 Å². The van der Waals surface area contributed by atoms with Crippen molar-refractivity contribution in [3.63, 3.8) is 0 Å². The van der Waals surface area contributed by atoms with E-state index in [0.29, 0.717) is 6.04 Å². The van der Waals surface area contributed by atoms with Gasteiger partial charge in [-0.2, -0.15) is 0 Å². The Morgan fingerprint density at radius 2 is 1.94 bits per heavy atom. The summed E-state index contributed by atoms with van der Waals surface area (Å²) in [6.45, 7) is 9.20. The monoisotopic (exact) mass is 226 g/mol. The molecule has 96 valence electrons. The lowest BCUT2D eigenvalue weighted by Crippen LogP contribution is -2.29. The van der Waals surface area contributed by atoms with E-state index in [1.807, 2.05) is 0 Å². The van der Waals surface area contributed by atoms with Crippen molar-refractivity contribution < 1.29 is 0 Å². The molecule has 1 aliphatic carbocycles. The van der Waals surface area contributed by atoms with E-state index in [9.17, 15) is 0 Å². The molecule has 0 spiro atoms. The zero-order valence-electron chi connectivity index (χ0n) is 11.4. The van der Waals surface area contributed by atoms with Crippen molar-refractivity contribution in [3.05, 3.63) is 0 Å². The molecule has 2 N–H and O–H groups in total. The van der Waals surface area contributed by atoms with Gasteiger partial charge in [-0.05, 0) is 51.1 Å². The Balaban J connectivity index is 2.00. The van der Waals surface area contributed by atoms with Crippen LogP contribution in [0, 0.1) is 5.92 Å². The summed E-state index contributed by atoms with van der Waals surface area (Å²) in [6.07, 6.45) is 8.25. The minimum atomic E-state index is 0.629. The second kappa shape index (κ2) is 8.08. The number of rotatable bonds is 10. The molecule has 0 bridgehead atoms. The maximum Gasteiger partial charge on any atom is 0.00682 e. The van der Waals surface area contributed by atoms with E-state index in [2.05, 4.69) is 31.4 Å². The summed E-state index contributed by atoms with van der Waals surface area (Å²) in [6, 6.07) is 1.50. The molecule has 1 atom stereocenters. The zero-order valence-corrected chi connectivity index (χ0v) is 11.4. The van der Waals surface area contributed by atoms with E-state index in [0.717, 1.165) is 12.0 Å². The summed E-state index contributed by atoms with van der Waals surface area (Å²) >= 11 is 0. The van der Waals surface area contributed by atoms with Gasteiger partial charge in [0.25, 0.3) is 0 Å². The standard InChI is InChI=1S/C14H30N2/c1-4-6-13(11-16-12(2)3)7-5-10-15-14-8-9-14/h12-16H,4-11H2,1-3H3. The normalized spacial score (nSPS) is 18.0. The van der Waals surface area contributed by atoms with Crippen LogP contribution in [0.15, 0.2) is 0 Å². The van der Waals surface area contributed by atoms with Crippen molar-refractivity contribution in [2.75, 3.05) is 13.1 Å². The topological polar surface area (TPSA) is 24.1 Å². The highest BCUT2D eigenvalue weighted by molar-refractivity contribution is 4.80. The molecule has 1 unspecified atom stereocenters. The van der Waals surface area contributed by atoms with E-state index < -0.39 is 0 Å². The highest BCUT2D eigenvalue weighted by Crippen LogP contribution is 2.19. The van der Waals surface area contributed by atoms with E-state index in [1.165, 1.54) is 51.6 Å². The van der Waals surface area contributed by atoms with Gasteiger partial charge in [-0.25, -0.2) is 0 Å². The number of hydrogen-bond acceptors (Lipinski definition) is 2. The molecule has 0 aromatic heterocycles. The average Bonchev–Trinajstić information content (AvgIpc) is 3.04. The average molecular weight is 226 g/mol. The quantitative estimate of drug-likeness (QED) is 0.560. The molecule has 0 radical (unpaired) electrons. The minimum absolute atomic E-state index is 0.629. The summed E-state index contributed by atoms with van der Waals surface area (Å²) in [5.74, 6) is 0.883. The zero-order chi connectivity index (χ0) is 11.8. The van der Waals surface area contributed by atoms with E-state index in [4.69, 9.17) is 0 Å². The summed E-state index contributed by atoms with van der Waals surface area (Å²) in [5, 5.41) is 7.17. The van der Waals surface area contributed by atoms with Crippen LogP contribution in [0.4, 0.5) is 0 Å². The molecule has 0 saturated heterocycles. The van der Waals surface area contributed by atoms with Crippen molar-refractivity contribution in [2.45, 2.75) is 71.4 Å². The van der Waals surface area contributed by atoms with Gasteiger partial charge in [0, 0.05) is 12.1 Å². The van der Waals surface area contributed by atoms with Gasteiger partial charge in [0.2, 0.25) is 0 Å². The maximum atomic E-state index is 3.60. The van der Waals surface area contributed by atoms with Gasteiger partial charge in [-0.15, -0.1) is 0 Å². The fraction of sp³-hybridized carbons (Fsp3) is 1.00. The van der Waals surface area contributed by atoms with Gasteiger partial charge in [0.15, 0.2) is 0 Å². The predicted octanol–water partition coefficient (Wildman–Crippen LogP) is 2.93. The third-order valence-corrected chi connectivity index (χ3v) is 3.31. The summed E-state index contributed by atoms with van der Waals surface area (Å²) in [7, 11) is 0. The summed E-state index contributed by atoms with van der Waals surface area (Å²) in [5.41, 5.74) is 0. The molecule has 1 aliphatic rings. The molecular weight excluding hydrogens is 196 g/mol. The van der Waals surface area contributed by atoms with Crippen molar-refractivity contribution in [2.24, 2.45) is 5.92 Å². The molecule has 0 aromatic rings. The SMILES string of the molecule is CCCC(CCCNC1CC1)CNC(C)C. The third kappa shape index (κ3) is 7.24. The van der Waals surface area contributed by atoms with Gasteiger partial charge in [-0.3, -0.25) is 0 Å². The van der Waals surface area contributed by atoms with Crippen LogP contribution in [-0.4, -0.2) is 25.2 Å². The van der Waals surface area contributed by atoms with Gasteiger partial charge in [0.05, 0.1) is 0 Å². The lowest BCUT2D eigenvalue weighted by atomic mass is 9.97. The molecule has 16 heavy (non-hydrogen) atoms. The summed E-state index contributed by atoms with van der Waals surface area (Å²) in [4.78, 5) is 0. The molecule has 0 amide bonds. The molecule has 2 nitrogen and oxygen atoms in total. The lowest BCUT2D eigenvalue weighted by Gasteiger charge is -2.18. The van der Waals surface area contributed by atoms with Crippen LogP contribution >= 0.6 is 0 Å². The maximum absolute atomic E-state index is 3.60. The van der Waals surface area contributed by atoms with Crippen molar-refractivity contribution >= 4 is 0 Å². The molecule has 2 heteroatoms. The largest absolute Gasteiger partial charge is 0.314 e. The first-order chi connectivity index (χ1) is 7.72. The minimum Gasteiger partial charge on any atom is -0.314 e. The Hall–Kier alpha value is -0.0800. The Labute approximate surface area is 102 Å². The van der Waals surface area contributed by atoms with Gasteiger partial charge >= 0.3 is 0 Å². The Morgan fingerprint density at radius 3 is 2.50 bits per heavy atom. The van der Waals surface area contributed by atoms with Crippen molar-refractivity contribution in [1.29, 1.82) is 0 Å². The van der Waals surface area contributed by atoms with Crippen LogP contribution in [-0.2, 0) is 0 Å². The van der Waals surface area contributed by atoms with Crippen LogP contribution in [0.2, 0.25) is 0 Å². The second-order valence-corrected chi connectivity index (χ2v) is 5.59. The lowest BCUT2D eigenvalue weighted by molar-refractivity contribution is 0.385. The third-order valence-electron chi connectivity index (χ3n) is 3.31. The predicted molar refractivity (Wildman–Crippen MR) is 71.8 cm³/mol. The van der Waals surface area contributed by atoms with Gasteiger partial charge < -0.3 is 10.6 Å². The van der Waals surface area contributed by atoms with Gasteiger partial charge in [0.1, 0.15) is 0 Å². The summed E-state index contributed by atoms with van der Waals surface area (Å²) < 4.78 is 0. The molecular formula is C14H30N2. The molecule has 0 aliphatic heterocycles. The highest BCUT2D eigenvalue weighted by atomic mass is 14.9. The molecule has 1 rings (SSSR count). The number of hydrogen-bond donors (Lipinski definition) is 2. The molecule has 1 fully saturated rings. The van der Waals surface area contributed by atoms with Crippen molar-refractivity contribution in [3.8, 4) is 0 Å². The second-order valence-electron chi connectivity index (χ2n) is 5.59. The van der Waals surface area contributed by atoms with Crippen molar-refractivity contribution in [1.82, 2.24) is 10.6 Å². The first-order valence-corrected chi connectivity index (χ1v) is 7.19. The van der Waals surface area contributed by atoms with E-state index in [1.54, 1.807) is 0 Å². The van der Waals surface area contributed by atoms with Crippen LogP contribution in [0.5, 0.6) is 0 Å². The Morgan fingerprint density at radius 1 is 1.19 bits per heavy atom. The van der Waals surface area contributed by atoms with Crippen LogP contribution in [0.3, 0.4) is 0 Å². The Kier molecular flexibility index (Phi) is 7.06. The van der Waals surface area contributed by atoms with Crippen LogP contribution in [0.1, 0.15) is 59.3 Å². The fourth-order valence-corrected chi connectivity index (χ4v) is 2.14. The molecule has 1 saturated carbocycles. The molecule has 0 aromatic carbocycles. The highest BCUT2D eigenvalue weighted by Gasteiger charge is 2.19. The first kappa shape index (κ1) is 14.0. The molecule has 0 heterocycles. The fourth-order valence-electron chi connectivity index (χ4n) is 2.14. The van der Waals surface area contributed by atoms with Crippen LogP contribution < -0.4 is 10.6 Å². The van der Waals surface area contributed by atoms with E-state index >= 15 is 0 Å². The smallest absolute Gasteiger partial charge is 0.00682 e.